The van der Waals surface area contributed by atoms with Gasteiger partial charge in [0.15, 0.2) is 6.79 Å². The van der Waals surface area contributed by atoms with E-state index in [2.05, 4.69) is 16.2 Å². The molecule has 0 amide bonds. The van der Waals surface area contributed by atoms with E-state index in [9.17, 15) is 0 Å². The summed E-state index contributed by atoms with van der Waals surface area (Å²) < 4.78 is 9.54. The summed E-state index contributed by atoms with van der Waals surface area (Å²) in [6, 6.07) is 0. The minimum Gasteiger partial charge on any atom is -0.476 e. The largest absolute Gasteiger partial charge is 0.476 e. The monoisotopic (exact) mass is 148 g/mol. The quantitative estimate of drug-likeness (QED) is 0.192. The Kier molecular flexibility index (Phi) is 7.93. The Morgan fingerprint density at radius 3 is 2.80 bits per heavy atom. The van der Waals surface area contributed by atoms with Gasteiger partial charge in [-0.3, -0.25) is 5.26 Å². The highest BCUT2D eigenvalue weighted by atomic mass is 17.1. The molecular formula is C6H12O4. The molecule has 0 radical (unpaired) electrons. The third-order valence-corrected chi connectivity index (χ3v) is 0.794. The number of hydrogen-bond donors (Lipinski definition) is 1. The molecule has 0 aliphatic rings. The van der Waals surface area contributed by atoms with E-state index in [1.807, 2.05) is 0 Å². The van der Waals surface area contributed by atoms with Gasteiger partial charge in [0.1, 0.15) is 0 Å². The molecule has 0 aromatic heterocycles. The zero-order chi connectivity index (χ0) is 7.66. The Labute approximate surface area is 59.9 Å². The van der Waals surface area contributed by atoms with Gasteiger partial charge in [0, 0.05) is 0 Å². The fourth-order valence-electron chi connectivity index (χ4n) is 0.381. The van der Waals surface area contributed by atoms with Crippen LogP contribution in [0, 0.1) is 0 Å². The van der Waals surface area contributed by atoms with Crippen molar-refractivity contribution in [2.75, 3.05) is 20.0 Å². The van der Waals surface area contributed by atoms with Crippen LogP contribution in [0.25, 0.3) is 0 Å². The van der Waals surface area contributed by atoms with Gasteiger partial charge in [-0.2, -0.15) is 0 Å². The lowest BCUT2D eigenvalue weighted by molar-refractivity contribution is -0.244. The van der Waals surface area contributed by atoms with E-state index in [0.29, 0.717) is 13.0 Å². The molecule has 10 heavy (non-hydrogen) atoms. The Morgan fingerprint density at radius 1 is 1.40 bits per heavy atom. The SMILES string of the molecule is C=COCOCCCOO. The zero-order valence-corrected chi connectivity index (χ0v) is 5.78. The van der Waals surface area contributed by atoms with Gasteiger partial charge in [-0.05, 0) is 6.42 Å². The van der Waals surface area contributed by atoms with Gasteiger partial charge in [-0.15, -0.1) is 0 Å². The summed E-state index contributed by atoms with van der Waals surface area (Å²) in [6.07, 6.45) is 1.96. The molecule has 0 aliphatic heterocycles. The van der Waals surface area contributed by atoms with E-state index in [1.54, 1.807) is 0 Å². The summed E-state index contributed by atoms with van der Waals surface area (Å²) in [7, 11) is 0. The molecule has 0 aromatic rings. The molecule has 0 rings (SSSR count). The topological polar surface area (TPSA) is 47.9 Å². The average Bonchev–Trinajstić information content (AvgIpc) is 1.97. The predicted octanol–water partition coefficient (Wildman–Crippen LogP) is 1.00. The van der Waals surface area contributed by atoms with Crippen LogP contribution in [0.15, 0.2) is 12.8 Å². The molecule has 0 bridgehead atoms. The first-order chi connectivity index (χ1) is 4.91. The van der Waals surface area contributed by atoms with Gasteiger partial charge in [0.25, 0.3) is 0 Å². The summed E-state index contributed by atoms with van der Waals surface area (Å²) >= 11 is 0. The zero-order valence-electron chi connectivity index (χ0n) is 5.78. The molecular weight excluding hydrogens is 136 g/mol. The Morgan fingerprint density at radius 2 is 2.20 bits per heavy atom. The summed E-state index contributed by atoms with van der Waals surface area (Å²) in [6.45, 7) is 4.33. The number of hydrogen-bond acceptors (Lipinski definition) is 4. The lowest BCUT2D eigenvalue weighted by Gasteiger charge is -2.01. The van der Waals surface area contributed by atoms with Crippen LogP contribution in [0.1, 0.15) is 6.42 Å². The van der Waals surface area contributed by atoms with Gasteiger partial charge >= 0.3 is 0 Å². The second-order valence-corrected chi connectivity index (χ2v) is 1.55. The van der Waals surface area contributed by atoms with Crippen molar-refractivity contribution in [2.45, 2.75) is 6.42 Å². The third-order valence-electron chi connectivity index (χ3n) is 0.794. The van der Waals surface area contributed by atoms with Crippen LogP contribution >= 0.6 is 0 Å². The summed E-state index contributed by atoms with van der Waals surface area (Å²) in [5, 5.41) is 7.87. The predicted molar refractivity (Wildman–Crippen MR) is 35.3 cm³/mol. The molecule has 1 N–H and O–H groups in total. The fourth-order valence-corrected chi connectivity index (χ4v) is 0.381. The second-order valence-electron chi connectivity index (χ2n) is 1.55. The normalized spacial score (nSPS) is 9.30. The lowest BCUT2D eigenvalue weighted by atomic mass is 10.5. The van der Waals surface area contributed by atoms with E-state index in [-0.39, 0.29) is 13.4 Å². The van der Waals surface area contributed by atoms with E-state index < -0.39 is 0 Å². The average molecular weight is 148 g/mol. The molecule has 0 aromatic carbocycles. The molecule has 0 atom stereocenters. The highest BCUT2D eigenvalue weighted by molar-refractivity contribution is 4.45. The molecule has 0 spiro atoms. The first-order valence-electron chi connectivity index (χ1n) is 2.98. The van der Waals surface area contributed by atoms with Gasteiger partial charge < -0.3 is 9.47 Å². The van der Waals surface area contributed by atoms with Crippen molar-refractivity contribution in [1.29, 1.82) is 0 Å². The van der Waals surface area contributed by atoms with Crippen molar-refractivity contribution in [1.82, 2.24) is 0 Å². The van der Waals surface area contributed by atoms with Crippen LogP contribution in [-0.2, 0) is 14.4 Å². The minimum atomic E-state index is 0.203. The Hall–Kier alpha value is -0.580. The second kappa shape index (κ2) is 8.42. The van der Waals surface area contributed by atoms with Crippen LogP contribution in [0.5, 0.6) is 0 Å². The smallest absolute Gasteiger partial charge is 0.188 e. The van der Waals surface area contributed by atoms with Gasteiger partial charge in [0.2, 0.25) is 0 Å². The van der Waals surface area contributed by atoms with Crippen molar-refractivity contribution in [3.8, 4) is 0 Å². The molecule has 0 aliphatic carbocycles. The van der Waals surface area contributed by atoms with Gasteiger partial charge in [-0.1, -0.05) is 6.58 Å². The standard InChI is InChI=1S/C6H12O4/c1-2-8-6-9-4-3-5-10-7/h2,7H,1,3-6H2. The van der Waals surface area contributed by atoms with Crippen LogP contribution < -0.4 is 0 Å². The molecule has 60 valence electrons. The van der Waals surface area contributed by atoms with Crippen molar-refractivity contribution >= 4 is 0 Å². The first kappa shape index (κ1) is 9.42. The van der Waals surface area contributed by atoms with Crippen molar-refractivity contribution in [3.05, 3.63) is 12.8 Å². The molecule has 4 nitrogen and oxygen atoms in total. The number of rotatable bonds is 7. The highest BCUT2D eigenvalue weighted by Gasteiger charge is 1.86. The van der Waals surface area contributed by atoms with Gasteiger partial charge in [-0.25, -0.2) is 4.89 Å². The summed E-state index contributed by atoms with van der Waals surface area (Å²) in [5.41, 5.74) is 0. The fraction of sp³-hybridized carbons (Fsp3) is 0.667. The van der Waals surface area contributed by atoms with Crippen LogP contribution in [0.3, 0.4) is 0 Å². The van der Waals surface area contributed by atoms with E-state index in [4.69, 9.17) is 9.99 Å². The number of ether oxygens (including phenoxy) is 2. The van der Waals surface area contributed by atoms with E-state index >= 15 is 0 Å². The molecule has 0 fully saturated rings. The summed E-state index contributed by atoms with van der Waals surface area (Å²) in [5.74, 6) is 0. The minimum absolute atomic E-state index is 0.203. The maximum Gasteiger partial charge on any atom is 0.188 e. The maximum atomic E-state index is 7.87. The first-order valence-corrected chi connectivity index (χ1v) is 2.98. The highest BCUT2D eigenvalue weighted by Crippen LogP contribution is 1.83. The molecule has 0 saturated carbocycles. The van der Waals surface area contributed by atoms with E-state index in [0.717, 1.165) is 0 Å². The van der Waals surface area contributed by atoms with Crippen LogP contribution in [-0.4, -0.2) is 25.3 Å². The summed E-state index contributed by atoms with van der Waals surface area (Å²) in [4.78, 5) is 3.81. The molecule has 0 heterocycles. The molecule has 0 unspecified atom stereocenters. The van der Waals surface area contributed by atoms with Crippen LogP contribution in [0.4, 0.5) is 0 Å². The third kappa shape index (κ3) is 7.42. The van der Waals surface area contributed by atoms with Crippen LogP contribution in [0.2, 0.25) is 0 Å². The molecule has 0 saturated heterocycles. The maximum absolute atomic E-state index is 7.87. The van der Waals surface area contributed by atoms with Crippen molar-refractivity contribution in [2.24, 2.45) is 0 Å². The van der Waals surface area contributed by atoms with Crippen molar-refractivity contribution in [3.63, 3.8) is 0 Å². The van der Waals surface area contributed by atoms with E-state index in [1.165, 1.54) is 6.26 Å². The Bertz CT molecular complexity index is 74.1. The van der Waals surface area contributed by atoms with Gasteiger partial charge in [0.05, 0.1) is 19.5 Å². The Balaban J connectivity index is 2.70. The van der Waals surface area contributed by atoms with Crippen molar-refractivity contribution < 1.29 is 19.6 Å². The molecule has 4 heteroatoms. The lowest BCUT2D eigenvalue weighted by Crippen LogP contribution is -2.00.